The van der Waals surface area contributed by atoms with Crippen LogP contribution in [0.1, 0.15) is 55.4 Å². The van der Waals surface area contributed by atoms with Crippen LogP contribution in [-0.2, 0) is 14.9 Å². The van der Waals surface area contributed by atoms with Gasteiger partial charge in [0.25, 0.3) is 0 Å². The van der Waals surface area contributed by atoms with Crippen LogP contribution < -0.4 is 0 Å². The first-order chi connectivity index (χ1) is 7.33. The molecule has 0 aromatic heterocycles. The molecule has 2 fully saturated rings. The molecule has 17 heavy (non-hydrogen) atoms. The van der Waals surface area contributed by atoms with Crippen LogP contribution in [-0.4, -0.2) is 37.3 Å². The van der Waals surface area contributed by atoms with E-state index in [9.17, 15) is 0 Å². The SMILES string of the molecule is CC1(C)O[As-]2(OC1(C)C)OC(C)(C)C(C)(C)O2. The molecule has 0 radical (unpaired) electrons. The third-order valence-corrected chi connectivity index (χ3v) is 9.97. The average Bonchev–Trinajstić information content (AvgIpc) is 2.21. The third-order valence-electron chi connectivity index (χ3n) is 4.26. The van der Waals surface area contributed by atoms with E-state index in [0.29, 0.717) is 0 Å². The summed E-state index contributed by atoms with van der Waals surface area (Å²) in [5.41, 5.74) is -1.57. The maximum absolute atomic E-state index is 6.09. The van der Waals surface area contributed by atoms with Gasteiger partial charge in [0.1, 0.15) is 0 Å². The summed E-state index contributed by atoms with van der Waals surface area (Å²) in [4.78, 5) is 0. The van der Waals surface area contributed by atoms with E-state index in [2.05, 4.69) is 0 Å². The summed E-state index contributed by atoms with van der Waals surface area (Å²) in [6.45, 7) is 16.2. The second-order valence-corrected chi connectivity index (χ2v) is 10.3. The topological polar surface area (TPSA) is 36.9 Å². The van der Waals surface area contributed by atoms with E-state index in [1.165, 1.54) is 0 Å². The molecule has 5 heteroatoms. The number of hydrogen-bond acceptors (Lipinski definition) is 4. The maximum atomic E-state index is 6.09. The Morgan fingerprint density at radius 3 is 0.824 bits per heavy atom. The molecule has 0 aromatic rings. The van der Waals surface area contributed by atoms with Gasteiger partial charge in [-0.1, -0.05) is 0 Å². The Labute approximate surface area is 108 Å². The quantitative estimate of drug-likeness (QED) is 0.645. The van der Waals surface area contributed by atoms with Gasteiger partial charge in [0.2, 0.25) is 0 Å². The molecule has 2 heterocycles. The molecule has 0 amide bonds. The van der Waals surface area contributed by atoms with E-state index < -0.39 is 37.3 Å². The Kier molecular flexibility index (Phi) is 2.67. The van der Waals surface area contributed by atoms with Crippen LogP contribution in [0.2, 0.25) is 0 Å². The van der Waals surface area contributed by atoms with Crippen molar-refractivity contribution in [3.8, 4) is 0 Å². The number of rotatable bonds is 0. The molecule has 0 saturated carbocycles. The molecule has 0 aromatic carbocycles. The first kappa shape index (κ1) is 13.8. The first-order valence-corrected chi connectivity index (χ1v) is 9.11. The molecule has 0 aliphatic carbocycles. The van der Waals surface area contributed by atoms with E-state index in [1.54, 1.807) is 0 Å². The molecule has 0 bridgehead atoms. The summed E-state index contributed by atoms with van der Waals surface area (Å²) in [5, 5.41) is 0. The zero-order valence-electron chi connectivity index (χ0n) is 12.1. The Morgan fingerprint density at radius 2 is 0.647 bits per heavy atom. The fourth-order valence-electron chi connectivity index (χ4n) is 1.67. The van der Waals surface area contributed by atoms with Crippen LogP contribution >= 0.6 is 0 Å². The fraction of sp³-hybridized carbons (Fsp3) is 1.00. The van der Waals surface area contributed by atoms with Crippen molar-refractivity contribution in [3.63, 3.8) is 0 Å². The Morgan fingerprint density at radius 1 is 0.471 bits per heavy atom. The third kappa shape index (κ3) is 1.89. The molecule has 2 saturated heterocycles. The van der Waals surface area contributed by atoms with Crippen molar-refractivity contribution >= 4 is 14.9 Å². The second kappa shape index (κ2) is 3.29. The summed E-state index contributed by atoms with van der Waals surface area (Å²) in [6, 6.07) is 0. The van der Waals surface area contributed by atoms with E-state index in [1.807, 2.05) is 55.4 Å². The molecule has 0 N–H and O–H groups in total. The van der Waals surface area contributed by atoms with Gasteiger partial charge >= 0.3 is 108 Å². The molecule has 2 aliphatic heterocycles. The van der Waals surface area contributed by atoms with E-state index in [4.69, 9.17) is 14.9 Å². The monoisotopic (exact) mass is 307 g/mol. The van der Waals surface area contributed by atoms with E-state index in [-0.39, 0.29) is 0 Å². The Hall–Kier alpha value is 0.398. The molecule has 2 aliphatic rings. The average molecular weight is 307 g/mol. The molecular formula is C12H24AsO4-. The van der Waals surface area contributed by atoms with Gasteiger partial charge in [0, 0.05) is 0 Å². The number of hydrogen-bond donors (Lipinski definition) is 0. The van der Waals surface area contributed by atoms with Crippen LogP contribution in [0.25, 0.3) is 0 Å². The summed E-state index contributed by atoms with van der Waals surface area (Å²) in [6.07, 6.45) is 0. The van der Waals surface area contributed by atoms with Crippen LogP contribution in [0.5, 0.6) is 0 Å². The van der Waals surface area contributed by atoms with Crippen molar-refractivity contribution in [2.75, 3.05) is 0 Å². The zero-order chi connectivity index (χ0) is 13.3. The van der Waals surface area contributed by atoms with Crippen LogP contribution in [0.4, 0.5) is 0 Å². The van der Waals surface area contributed by atoms with Gasteiger partial charge in [0.05, 0.1) is 0 Å². The molecule has 0 unspecified atom stereocenters. The Balaban J connectivity index is 2.33. The van der Waals surface area contributed by atoms with E-state index in [0.717, 1.165) is 0 Å². The second-order valence-electron chi connectivity index (χ2n) is 6.85. The van der Waals surface area contributed by atoms with Crippen molar-refractivity contribution in [3.05, 3.63) is 0 Å². The van der Waals surface area contributed by atoms with Crippen LogP contribution in [0, 0.1) is 0 Å². The van der Waals surface area contributed by atoms with Gasteiger partial charge < -0.3 is 0 Å². The summed E-state index contributed by atoms with van der Waals surface area (Å²) in [7, 11) is 0. The predicted octanol–water partition coefficient (Wildman–Crippen LogP) is 2.63. The molecule has 1 spiro atoms. The predicted molar refractivity (Wildman–Crippen MR) is 66.4 cm³/mol. The summed E-state index contributed by atoms with van der Waals surface area (Å²) >= 11 is -3.40. The van der Waals surface area contributed by atoms with Gasteiger partial charge in [-0.3, -0.25) is 0 Å². The normalized spacial score (nSPS) is 37.2. The minimum atomic E-state index is -3.40. The van der Waals surface area contributed by atoms with Gasteiger partial charge in [-0.15, -0.1) is 0 Å². The van der Waals surface area contributed by atoms with Crippen molar-refractivity contribution in [1.29, 1.82) is 0 Å². The summed E-state index contributed by atoms with van der Waals surface area (Å²) in [5.74, 6) is 0. The van der Waals surface area contributed by atoms with Gasteiger partial charge in [-0.25, -0.2) is 0 Å². The van der Waals surface area contributed by atoms with Gasteiger partial charge in [0.15, 0.2) is 0 Å². The molecule has 2 rings (SSSR count). The van der Waals surface area contributed by atoms with Crippen molar-refractivity contribution in [2.45, 2.75) is 77.8 Å². The minimum absolute atomic E-state index is 0.392. The molecular weight excluding hydrogens is 283 g/mol. The van der Waals surface area contributed by atoms with Gasteiger partial charge in [-0.2, -0.15) is 0 Å². The molecule has 102 valence electrons. The standard InChI is InChI=1S/C12H24AsO4/c1-9(2)10(3,4)15-13(14-9)16-11(5,6)12(7,8)17-13/h1-8H3/q-1. The Bertz CT molecular complexity index is 277. The van der Waals surface area contributed by atoms with E-state index >= 15 is 0 Å². The summed E-state index contributed by atoms with van der Waals surface area (Å²) < 4.78 is 24.4. The molecule has 0 atom stereocenters. The van der Waals surface area contributed by atoms with Crippen LogP contribution in [0.3, 0.4) is 0 Å². The van der Waals surface area contributed by atoms with Crippen molar-refractivity contribution < 1.29 is 14.9 Å². The van der Waals surface area contributed by atoms with Gasteiger partial charge in [-0.05, 0) is 0 Å². The van der Waals surface area contributed by atoms with Crippen molar-refractivity contribution in [1.82, 2.24) is 0 Å². The van der Waals surface area contributed by atoms with Crippen molar-refractivity contribution in [2.24, 2.45) is 0 Å². The fourth-order valence-corrected chi connectivity index (χ4v) is 8.68. The zero-order valence-corrected chi connectivity index (χ0v) is 14.0. The first-order valence-electron chi connectivity index (χ1n) is 6.05. The molecule has 4 nitrogen and oxygen atoms in total. The van der Waals surface area contributed by atoms with Crippen LogP contribution in [0.15, 0.2) is 0 Å².